The summed E-state index contributed by atoms with van der Waals surface area (Å²) in [6.07, 6.45) is 3.74. The molecule has 0 saturated carbocycles. The molecule has 0 aliphatic rings. The van der Waals surface area contributed by atoms with Gasteiger partial charge < -0.3 is 15.4 Å². The van der Waals surface area contributed by atoms with E-state index in [1.165, 1.54) is 0 Å². The van der Waals surface area contributed by atoms with Gasteiger partial charge in [-0.15, -0.1) is 34.2 Å². The third kappa shape index (κ3) is 6.66. The monoisotopic (exact) mass is 494 g/mol. The van der Waals surface area contributed by atoms with Crippen molar-refractivity contribution in [1.82, 2.24) is 25.2 Å². The van der Waals surface area contributed by atoms with Gasteiger partial charge in [0.1, 0.15) is 18.2 Å². The number of hydrogen-bond donors (Lipinski definition) is 2. The predicted octanol–water partition coefficient (Wildman–Crippen LogP) is 2.91. The van der Waals surface area contributed by atoms with Gasteiger partial charge in [0.15, 0.2) is 11.6 Å². The Bertz CT molecular complexity index is 852. The van der Waals surface area contributed by atoms with Crippen LogP contribution in [0.1, 0.15) is 19.2 Å². The summed E-state index contributed by atoms with van der Waals surface area (Å²) < 4.78 is 7.71. The van der Waals surface area contributed by atoms with E-state index in [1.54, 1.807) is 0 Å². The largest absolute Gasteiger partial charge is 0.492 e. The van der Waals surface area contributed by atoms with Crippen molar-refractivity contribution in [1.29, 1.82) is 0 Å². The molecule has 0 aliphatic heterocycles. The highest BCUT2D eigenvalue weighted by molar-refractivity contribution is 14.0. The topological polar surface area (TPSA) is 75.8 Å². The second kappa shape index (κ2) is 12.2. The number of para-hydroxylation sites is 1. The first-order valence-corrected chi connectivity index (χ1v) is 9.35. The minimum Gasteiger partial charge on any atom is -0.492 e. The smallest absolute Gasteiger partial charge is 0.191 e. The molecule has 0 radical (unpaired) electrons. The Labute approximate surface area is 182 Å². The molecule has 7 nitrogen and oxygen atoms in total. The van der Waals surface area contributed by atoms with Gasteiger partial charge >= 0.3 is 0 Å². The number of guanidine groups is 1. The molecular formula is C20H27IN6O. The molecule has 1 aromatic carbocycles. The van der Waals surface area contributed by atoms with Crippen molar-refractivity contribution in [3.63, 3.8) is 0 Å². The maximum atomic E-state index is 5.69. The van der Waals surface area contributed by atoms with Crippen molar-refractivity contribution in [2.24, 2.45) is 4.99 Å². The van der Waals surface area contributed by atoms with Gasteiger partial charge in [-0.25, -0.2) is 0 Å². The zero-order chi connectivity index (χ0) is 18.7. The Kier molecular flexibility index (Phi) is 9.53. The summed E-state index contributed by atoms with van der Waals surface area (Å²) in [4.78, 5) is 4.62. The number of aliphatic imine (C=N–C) groups is 1. The van der Waals surface area contributed by atoms with Crippen molar-refractivity contribution in [2.45, 2.75) is 19.8 Å². The number of aromatic nitrogens is 3. The molecule has 3 rings (SSSR count). The van der Waals surface area contributed by atoms with Crippen molar-refractivity contribution >= 4 is 35.6 Å². The molecule has 150 valence electrons. The third-order valence-corrected chi connectivity index (χ3v) is 3.96. The quantitative estimate of drug-likeness (QED) is 0.207. The average molecular weight is 494 g/mol. The van der Waals surface area contributed by atoms with Crippen LogP contribution in [0.5, 0.6) is 5.75 Å². The molecule has 0 fully saturated rings. The Hall–Kier alpha value is -2.36. The molecule has 0 saturated heterocycles. The van der Waals surface area contributed by atoms with E-state index in [2.05, 4.69) is 32.7 Å². The lowest BCUT2D eigenvalue weighted by Gasteiger charge is -2.12. The van der Waals surface area contributed by atoms with Crippen LogP contribution in [0.25, 0.3) is 5.65 Å². The Morgan fingerprint density at radius 2 is 1.89 bits per heavy atom. The van der Waals surface area contributed by atoms with E-state index in [0.717, 1.165) is 49.1 Å². The van der Waals surface area contributed by atoms with Crippen LogP contribution in [0.2, 0.25) is 0 Å². The highest BCUT2D eigenvalue weighted by Gasteiger charge is 2.04. The Morgan fingerprint density at radius 3 is 2.71 bits per heavy atom. The number of pyridine rings is 1. The molecule has 3 aromatic rings. The van der Waals surface area contributed by atoms with E-state index in [1.807, 2.05) is 59.1 Å². The molecule has 0 atom stereocenters. The summed E-state index contributed by atoms with van der Waals surface area (Å²) in [5.74, 6) is 2.65. The first-order chi connectivity index (χ1) is 13.4. The van der Waals surface area contributed by atoms with Crippen molar-refractivity contribution in [2.75, 3.05) is 26.2 Å². The van der Waals surface area contributed by atoms with Crippen LogP contribution in [0.15, 0.2) is 59.7 Å². The SMILES string of the molecule is CCNC(=NCCCc1nnc2ccccn12)NCCOc1ccccc1.I. The standard InChI is InChI=1S/C20H26N6O.HI/c1-2-21-20(23-14-16-27-17-9-4-3-5-10-17)22-13-8-12-19-25-24-18-11-6-7-15-26(18)19;/h3-7,9-11,15H,2,8,12-14,16H2,1H3,(H2,21,22,23);1H. The molecule has 2 heterocycles. The highest BCUT2D eigenvalue weighted by atomic mass is 127. The molecule has 2 aromatic heterocycles. The number of fused-ring (bicyclic) bond motifs is 1. The normalized spacial score (nSPS) is 11.1. The molecule has 0 aliphatic carbocycles. The highest BCUT2D eigenvalue weighted by Crippen LogP contribution is 2.07. The number of benzene rings is 1. The Balaban J connectivity index is 0.00000280. The lowest BCUT2D eigenvalue weighted by molar-refractivity contribution is 0.322. The summed E-state index contributed by atoms with van der Waals surface area (Å²) in [5.41, 5.74) is 0.879. The maximum absolute atomic E-state index is 5.69. The van der Waals surface area contributed by atoms with Gasteiger partial charge in [-0.2, -0.15) is 0 Å². The molecule has 0 spiro atoms. The number of nitrogens with one attached hydrogen (secondary N) is 2. The van der Waals surface area contributed by atoms with E-state index in [-0.39, 0.29) is 24.0 Å². The number of hydrogen-bond acceptors (Lipinski definition) is 4. The van der Waals surface area contributed by atoms with Gasteiger partial charge in [-0.05, 0) is 37.6 Å². The van der Waals surface area contributed by atoms with E-state index >= 15 is 0 Å². The van der Waals surface area contributed by atoms with Crippen LogP contribution in [0.3, 0.4) is 0 Å². The van der Waals surface area contributed by atoms with E-state index in [0.29, 0.717) is 13.2 Å². The van der Waals surface area contributed by atoms with E-state index in [9.17, 15) is 0 Å². The number of ether oxygens (including phenoxy) is 1. The second-order valence-corrected chi connectivity index (χ2v) is 6.00. The number of rotatable bonds is 9. The van der Waals surface area contributed by atoms with Crippen LogP contribution in [0.4, 0.5) is 0 Å². The number of halogens is 1. The zero-order valence-corrected chi connectivity index (χ0v) is 18.4. The van der Waals surface area contributed by atoms with Crippen LogP contribution in [-0.2, 0) is 6.42 Å². The predicted molar refractivity (Wildman–Crippen MR) is 123 cm³/mol. The summed E-state index contributed by atoms with van der Waals surface area (Å²) in [6, 6.07) is 15.7. The molecule has 28 heavy (non-hydrogen) atoms. The first-order valence-electron chi connectivity index (χ1n) is 9.35. The van der Waals surface area contributed by atoms with Gasteiger partial charge in [0.2, 0.25) is 0 Å². The van der Waals surface area contributed by atoms with E-state index < -0.39 is 0 Å². The van der Waals surface area contributed by atoms with Gasteiger partial charge in [-0.1, -0.05) is 24.3 Å². The van der Waals surface area contributed by atoms with Gasteiger partial charge in [0.25, 0.3) is 0 Å². The van der Waals surface area contributed by atoms with Crippen molar-refractivity contribution < 1.29 is 4.74 Å². The van der Waals surface area contributed by atoms with Gasteiger partial charge in [0, 0.05) is 25.7 Å². The summed E-state index contributed by atoms with van der Waals surface area (Å²) in [6.45, 7) is 4.87. The van der Waals surface area contributed by atoms with Crippen LogP contribution in [-0.4, -0.2) is 46.8 Å². The zero-order valence-electron chi connectivity index (χ0n) is 16.0. The average Bonchev–Trinajstić information content (AvgIpc) is 3.12. The fourth-order valence-electron chi connectivity index (χ4n) is 2.69. The van der Waals surface area contributed by atoms with Gasteiger partial charge in [0.05, 0.1) is 6.54 Å². The maximum Gasteiger partial charge on any atom is 0.191 e. The summed E-state index contributed by atoms with van der Waals surface area (Å²) >= 11 is 0. The number of aryl methyl sites for hydroxylation is 1. The van der Waals surface area contributed by atoms with Crippen LogP contribution in [0, 0.1) is 0 Å². The van der Waals surface area contributed by atoms with Crippen molar-refractivity contribution in [3.8, 4) is 5.75 Å². The van der Waals surface area contributed by atoms with Crippen LogP contribution < -0.4 is 15.4 Å². The van der Waals surface area contributed by atoms with Gasteiger partial charge in [-0.3, -0.25) is 9.39 Å². The minimum atomic E-state index is 0. The Morgan fingerprint density at radius 1 is 1.07 bits per heavy atom. The van der Waals surface area contributed by atoms with E-state index in [4.69, 9.17) is 4.74 Å². The molecular weight excluding hydrogens is 467 g/mol. The fraction of sp³-hybridized carbons (Fsp3) is 0.350. The van der Waals surface area contributed by atoms with Crippen molar-refractivity contribution in [3.05, 3.63) is 60.6 Å². The first kappa shape index (κ1) is 21.9. The summed E-state index contributed by atoms with van der Waals surface area (Å²) in [7, 11) is 0. The summed E-state index contributed by atoms with van der Waals surface area (Å²) in [5, 5.41) is 15.0. The number of nitrogens with zero attached hydrogens (tertiary/aromatic N) is 4. The molecule has 8 heteroatoms. The lowest BCUT2D eigenvalue weighted by Crippen LogP contribution is -2.39. The fourth-order valence-corrected chi connectivity index (χ4v) is 2.69. The minimum absolute atomic E-state index is 0. The molecule has 2 N–H and O–H groups in total. The molecule has 0 amide bonds. The molecule has 0 unspecified atom stereocenters. The third-order valence-electron chi connectivity index (χ3n) is 3.96. The second-order valence-electron chi connectivity index (χ2n) is 6.00. The molecule has 0 bridgehead atoms. The van der Waals surface area contributed by atoms with Crippen LogP contribution >= 0.6 is 24.0 Å². The lowest BCUT2D eigenvalue weighted by atomic mass is 10.3.